The summed E-state index contributed by atoms with van der Waals surface area (Å²) in [6, 6.07) is 24.3. The minimum Gasteiger partial charge on any atom is -0.397 e. The average molecular weight is 919 g/mol. The minimum atomic E-state index is -4.45. The molecule has 2 fully saturated rings. The molecule has 2 heterocycles. The van der Waals surface area contributed by atoms with Crippen molar-refractivity contribution < 1.29 is 35.9 Å². The number of nitrogens with zero attached hydrogens (tertiary/aromatic N) is 3. The third-order valence-electron chi connectivity index (χ3n) is 9.70. The van der Waals surface area contributed by atoms with Gasteiger partial charge in [0.05, 0.1) is 39.2 Å². The van der Waals surface area contributed by atoms with Gasteiger partial charge >= 0.3 is 12.4 Å². The molecule has 2 aliphatic heterocycles. The van der Waals surface area contributed by atoms with Gasteiger partial charge in [0.1, 0.15) is 0 Å². The third kappa shape index (κ3) is 19.2. The topological polar surface area (TPSA) is 81.9 Å². The fraction of sp³-hybridized carbons (Fsp3) is 0.422. The number of piperidine rings is 2. The number of rotatable bonds is 8. The van der Waals surface area contributed by atoms with Gasteiger partial charge in [0, 0.05) is 37.3 Å². The van der Waals surface area contributed by atoms with Crippen LogP contribution in [0.1, 0.15) is 91.1 Å². The second-order valence-electron chi connectivity index (χ2n) is 13.8. The Morgan fingerprint density at radius 2 is 1.02 bits per heavy atom. The summed E-state index contributed by atoms with van der Waals surface area (Å²) >= 11 is 14.7. The summed E-state index contributed by atoms with van der Waals surface area (Å²) in [5.74, 6) is -0.418. The molecule has 0 aliphatic carbocycles. The number of anilines is 4. The molecule has 2 saturated heterocycles. The van der Waals surface area contributed by atoms with E-state index in [1.807, 2.05) is 11.0 Å². The number of halogens is 9. The Morgan fingerprint density at radius 3 is 1.38 bits per heavy atom. The van der Waals surface area contributed by atoms with E-state index in [0.717, 1.165) is 88.2 Å². The van der Waals surface area contributed by atoms with Gasteiger partial charge in [0.15, 0.2) is 0 Å². The fourth-order valence-electron chi connectivity index (χ4n) is 6.40. The van der Waals surface area contributed by atoms with Gasteiger partial charge in [0.25, 0.3) is 11.1 Å². The maximum absolute atomic E-state index is 13.1. The molecule has 3 N–H and O–H groups in total. The summed E-state index contributed by atoms with van der Waals surface area (Å²) in [4.78, 5) is 29.3. The summed E-state index contributed by atoms with van der Waals surface area (Å²) in [7, 11) is 0. The maximum Gasteiger partial charge on any atom is 0.416 e. The highest BCUT2D eigenvalue weighted by Gasteiger charge is 2.32. The quantitative estimate of drug-likeness (QED) is 0.0793. The van der Waals surface area contributed by atoms with Crippen LogP contribution in [0, 0.1) is 0 Å². The first kappa shape index (κ1) is 53.0. The minimum absolute atomic E-state index is 0.194. The number of carbonyl (C=O) groups excluding carboxylic acids is 2. The van der Waals surface area contributed by atoms with E-state index in [1.165, 1.54) is 38.2 Å². The molecule has 61 heavy (non-hydrogen) atoms. The van der Waals surface area contributed by atoms with Gasteiger partial charge in [-0.15, -0.1) is 23.2 Å². The Bertz CT molecular complexity index is 1850. The number of carbonyl (C=O) groups is 2. The maximum atomic E-state index is 13.1. The lowest BCUT2D eigenvalue weighted by Crippen LogP contribution is -2.30. The van der Waals surface area contributed by atoms with Gasteiger partial charge in [-0.2, -0.15) is 26.3 Å². The molecule has 336 valence electrons. The van der Waals surface area contributed by atoms with Gasteiger partial charge in [-0.3, -0.25) is 9.59 Å². The molecule has 0 radical (unpaired) electrons. The number of amides is 1. The highest BCUT2D eigenvalue weighted by molar-refractivity contribution is 6.67. The molecule has 16 heteroatoms. The first-order valence-electron chi connectivity index (χ1n) is 20.1. The van der Waals surface area contributed by atoms with Crippen LogP contribution in [-0.2, 0) is 12.4 Å². The highest BCUT2D eigenvalue weighted by Crippen LogP contribution is 2.37. The Hall–Kier alpha value is -4.17. The van der Waals surface area contributed by atoms with Gasteiger partial charge in [-0.05, 0) is 118 Å². The molecule has 2 aliphatic rings. The third-order valence-corrected chi connectivity index (χ3v) is 9.92. The summed E-state index contributed by atoms with van der Waals surface area (Å²) < 4.78 is 76.6. The summed E-state index contributed by atoms with van der Waals surface area (Å²) in [5, 5.41) is 2.44. The lowest BCUT2D eigenvalue weighted by atomic mass is 10.1. The zero-order chi connectivity index (χ0) is 45.4. The number of alkyl halides is 8. The number of nitrogens with two attached hydrogens (primary N) is 1. The number of nitrogens with one attached hydrogen (secondary N) is 1. The van der Waals surface area contributed by atoms with Crippen LogP contribution < -0.4 is 20.9 Å². The van der Waals surface area contributed by atoms with Crippen LogP contribution in [-0.4, -0.2) is 67.2 Å². The smallest absolute Gasteiger partial charge is 0.397 e. The zero-order valence-corrected chi connectivity index (χ0v) is 37.0. The van der Waals surface area contributed by atoms with E-state index in [9.17, 15) is 35.9 Å². The first-order chi connectivity index (χ1) is 29.0. The van der Waals surface area contributed by atoms with Crippen molar-refractivity contribution in [2.45, 2.75) is 71.6 Å². The van der Waals surface area contributed by atoms with E-state index < -0.39 is 34.6 Å². The molecule has 6 rings (SSSR count). The van der Waals surface area contributed by atoms with Crippen molar-refractivity contribution in [1.29, 1.82) is 0 Å². The molecule has 0 spiro atoms. The highest BCUT2D eigenvalue weighted by atomic mass is 35.5. The van der Waals surface area contributed by atoms with E-state index >= 15 is 0 Å². The molecule has 0 saturated carbocycles. The predicted octanol–water partition coefficient (Wildman–Crippen LogP) is 13.1. The van der Waals surface area contributed by atoms with Crippen LogP contribution in [0.25, 0.3) is 0 Å². The second kappa shape index (κ2) is 27.7. The van der Waals surface area contributed by atoms with Gasteiger partial charge in [0.2, 0.25) is 0 Å². The average Bonchev–Trinajstić information content (AvgIpc) is 3.26. The standard InChI is InChI=1S/C19H19F3N2O.C12H15F3N2.C7H5ClO.C6H15N.CH2Cl2/c20-19(21,22)15-9-10-17(24-11-5-2-6-12-24)16(13-15)23-18(25)14-7-3-1-4-8-14;13-12(14,15)9-4-5-11(10(16)8-9)17-6-2-1-3-7-17;8-7(9)6-4-2-1-3-5-6;1-4-7(5-2)6-3;2-1-3/h1,3-4,7-10,13H,2,5-6,11-12H2,(H,23,25);4-5,8H,1-3,6-7,16H2;1-5H;4-6H2,1-3H3;1H2. The molecule has 4 aromatic carbocycles. The lowest BCUT2D eigenvalue weighted by Gasteiger charge is -2.31. The monoisotopic (exact) mass is 917 g/mol. The number of hydrogen-bond acceptors (Lipinski definition) is 6. The molecule has 0 bridgehead atoms. The van der Waals surface area contributed by atoms with Gasteiger partial charge in [-0.25, -0.2) is 0 Å². The van der Waals surface area contributed by atoms with E-state index in [2.05, 4.69) is 35.9 Å². The van der Waals surface area contributed by atoms with Crippen molar-refractivity contribution in [2.24, 2.45) is 0 Å². The lowest BCUT2D eigenvalue weighted by molar-refractivity contribution is -0.138. The first-order valence-corrected chi connectivity index (χ1v) is 21.6. The second-order valence-corrected chi connectivity index (χ2v) is 14.9. The van der Waals surface area contributed by atoms with Crippen molar-refractivity contribution in [3.63, 3.8) is 0 Å². The van der Waals surface area contributed by atoms with Gasteiger partial charge in [-0.1, -0.05) is 69.3 Å². The predicted molar refractivity (Wildman–Crippen MR) is 240 cm³/mol. The molecule has 0 atom stereocenters. The van der Waals surface area contributed by atoms with Crippen molar-refractivity contribution in [3.05, 3.63) is 119 Å². The van der Waals surface area contributed by atoms with E-state index in [1.54, 1.807) is 54.6 Å². The van der Waals surface area contributed by atoms with E-state index in [-0.39, 0.29) is 16.7 Å². The summed E-state index contributed by atoms with van der Waals surface area (Å²) in [6.07, 6.45) is -2.36. The molecule has 1 amide bonds. The van der Waals surface area contributed by atoms with Crippen LogP contribution in [0.15, 0.2) is 97.1 Å². The van der Waals surface area contributed by atoms with Crippen LogP contribution in [0.3, 0.4) is 0 Å². The Kier molecular flexibility index (Phi) is 24.1. The molecule has 7 nitrogen and oxygen atoms in total. The molecular formula is C45H56Cl3F6N5O2. The summed E-state index contributed by atoms with van der Waals surface area (Å²) in [6.45, 7) is 13.4. The van der Waals surface area contributed by atoms with E-state index in [4.69, 9.17) is 40.5 Å². The van der Waals surface area contributed by atoms with Crippen molar-refractivity contribution in [2.75, 3.05) is 72.0 Å². The SMILES string of the molecule is CCN(CC)CC.ClCCl.Nc1cc(C(F)(F)F)ccc1N1CCCCC1.O=C(Cl)c1ccccc1.O=C(Nc1cc(C(F)(F)F)ccc1N1CCCCC1)c1ccccc1. The number of hydrogen-bond donors (Lipinski definition) is 2. The number of benzene rings is 4. The van der Waals surface area contributed by atoms with Crippen molar-refractivity contribution >= 4 is 68.7 Å². The van der Waals surface area contributed by atoms with Crippen LogP contribution >= 0.6 is 34.8 Å². The normalized spacial score (nSPS) is 13.8. The van der Waals surface area contributed by atoms with E-state index in [0.29, 0.717) is 16.8 Å². The molecule has 0 aromatic heterocycles. The Labute approximate surface area is 371 Å². The van der Waals surface area contributed by atoms with Crippen molar-refractivity contribution in [3.8, 4) is 0 Å². The van der Waals surface area contributed by atoms with Crippen LogP contribution in [0.5, 0.6) is 0 Å². The van der Waals surface area contributed by atoms with Crippen molar-refractivity contribution in [1.82, 2.24) is 4.90 Å². The van der Waals surface area contributed by atoms with Crippen LogP contribution in [0.4, 0.5) is 49.1 Å². The molecule has 4 aromatic rings. The molecule has 0 unspecified atom stereocenters. The number of nitrogen functional groups attached to an aromatic ring is 1. The Morgan fingerprint density at radius 1 is 0.623 bits per heavy atom. The Balaban J connectivity index is 0.000000305. The van der Waals surface area contributed by atoms with Gasteiger partial charge < -0.3 is 25.8 Å². The van der Waals surface area contributed by atoms with Crippen LogP contribution in [0.2, 0.25) is 0 Å². The molecular weight excluding hydrogens is 863 g/mol. The largest absolute Gasteiger partial charge is 0.416 e. The zero-order valence-electron chi connectivity index (χ0n) is 34.8. The summed E-state index contributed by atoms with van der Waals surface area (Å²) in [5.41, 5.74) is 6.97. The fourth-order valence-corrected chi connectivity index (χ4v) is 6.53.